The molecule has 1 saturated heterocycles. The van der Waals surface area contributed by atoms with Crippen molar-refractivity contribution in [3.05, 3.63) is 28.3 Å². The molecule has 6 heteroatoms. The van der Waals surface area contributed by atoms with E-state index in [-0.39, 0.29) is 22.3 Å². The SMILES string of the molecule is Oc1c(Cl)cc(C(F)(F)F)cc1C1CCCNC1. The quantitative estimate of drug-likeness (QED) is 0.824. The van der Waals surface area contributed by atoms with Gasteiger partial charge in [-0.2, -0.15) is 13.2 Å². The molecule has 0 aromatic heterocycles. The minimum atomic E-state index is -4.45. The lowest BCUT2D eigenvalue weighted by Gasteiger charge is -2.25. The molecule has 1 unspecified atom stereocenters. The van der Waals surface area contributed by atoms with Gasteiger partial charge in [0.2, 0.25) is 0 Å². The van der Waals surface area contributed by atoms with E-state index in [4.69, 9.17) is 11.6 Å². The maximum Gasteiger partial charge on any atom is 0.416 e. The van der Waals surface area contributed by atoms with Crippen molar-refractivity contribution in [1.29, 1.82) is 0 Å². The van der Waals surface area contributed by atoms with Crippen molar-refractivity contribution in [3.63, 3.8) is 0 Å². The van der Waals surface area contributed by atoms with Crippen LogP contribution in [0.25, 0.3) is 0 Å². The van der Waals surface area contributed by atoms with Gasteiger partial charge in [-0.15, -0.1) is 0 Å². The summed E-state index contributed by atoms with van der Waals surface area (Å²) in [7, 11) is 0. The molecule has 1 aromatic carbocycles. The summed E-state index contributed by atoms with van der Waals surface area (Å²) < 4.78 is 38.1. The molecule has 2 rings (SSSR count). The zero-order valence-corrected chi connectivity index (χ0v) is 10.3. The number of halogens is 4. The topological polar surface area (TPSA) is 32.3 Å². The highest BCUT2D eigenvalue weighted by Gasteiger charge is 2.33. The maximum atomic E-state index is 12.7. The minimum Gasteiger partial charge on any atom is -0.506 e. The molecule has 18 heavy (non-hydrogen) atoms. The average Bonchev–Trinajstić information content (AvgIpc) is 2.32. The fourth-order valence-corrected chi connectivity index (χ4v) is 2.44. The molecule has 0 radical (unpaired) electrons. The number of phenols is 1. The summed E-state index contributed by atoms with van der Waals surface area (Å²) in [6.45, 7) is 1.41. The van der Waals surface area contributed by atoms with E-state index < -0.39 is 11.7 Å². The van der Waals surface area contributed by atoms with E-state index >= 15 is 0 Å². The van der Waals surface area contributed by atoms with Crippen molar-refractivity contribution in [1.82, 2.24) is 5.32 Å². The molecule has 0 spiro atoms. The van der Waals surface area contributed by atoms with Crippen molar-refractivity contribution in [3.8, 4) is 5.75 Å². The predicted molar refractivity (Wildman–Crippen MR) is 63.0 cm³/mol. The number of piperidine rings is 1. The van der Waals surface area contributed by atoms with Gasteiger partial charge in [0.05, 0.1) is 10.6 Å². The summed E-state index contributed by atoms with van der Waals surface area (Å²) in [5.74, 6) is -0.364. The second-order valence-electron chi connectivity index (χ2n) is 4.44. The van der Waals surface area contributed by atoms with Crippen molar-refractivity contribution in [2.75, 3.05) is 13.1 Å². The molecule has 100 valence electrons. The third-order valence-electron chi connectivity index (χ3n) is 3.16. The Hall–Kier alpha value is -0.940. The molecular weight excluding hydrogens is 267 g/mol. The molecule has 1 atom stereocenters. The monoisotopic (exact) mass is 279 g/mol. The van der Waals surface area contributed by atoms with Crippen LogP contribution in [0.4, 0.5) is 13.2 Å². The molecule has 0 bridgehead atoms. The first-order valence-electron chi connectivity index (χ1n) is 5.70. The second kappa shape index (κ2) is 4.97. The maximum absolute atomic E-state index is 12.7. The highest BCUT2D eigenvalue weighted by Crippen LogP contribution is 2.40. The van der Waals surface area contributed by atoms with E-state index in [0.717, 1.165) is 31.5 Å². The van der Waals surface area contributed by atoms with Crippen molar-refractivity contribution < 1.29 is 18.3 Å². The Morgan fingerprint density at radius 1 is 1.33 bits per heavy atom. The lowest BCUT2D eigenvalue weighted by Crippen LogP contribution is -2.28. The number of hydrogen-bond acceptors (Lipinski definition) is 2. The lowest BCUT2D eigenvalue weighted by molar-refractivity contribution is -0.137. The molecule has 0 amide bonds. The van der Waals surface area contributed by atoms with Gasteiger partial charge in [-0.3, -0.25) is 0 Å². The molecule has 1 aromatic rings. The van der Waals surface area contributed by atoms with Crippen molar-refractivity contribution >= 4 is 11.6 Å². The van der Waals surface area contributed by atoms with Crippen LogP contribution < -0.4 is 5.32 Å². The number of hydrogen-bond donors (Lipinski definition) is 2. The van der Waals surface area contributed by atoms with Crippen LogP contribution >= 0.6 is 11.6 Å². The van der Waals surface area contributed by atoms with Gasteiger partial charge in [0.25, 0.3) is 0 Å². The van der Waals surface area contributed by atoms with Crippen LogP contribution in [0.2, 0.25) is 5.02 Å². The first-order chi connectivity index (χ1) is 8.39. The van der Waals surface area contributed by atoms with Crippen molar-refractivity contribution in [2.24, 2.45) is 0 Å². The van der Waals surface area contributed by atoms with Crippen LogP contribution in [-0.4, -0.2) is 18.2 Å². The van der Waals surface area contributed by atoms with E-state index in [9.17, 15) is 18.3 Å². The molecule has 1 aliphatic rings. The Bertz CT molecular complexity index is 442. The zero-order chi connectivity index (χ0) is 13.3. The van der Waals surface area contributed by atoms with Gasteiger partial charge < -0.3 is 10.4 Å². The van der Waals surface area contributed by atoms with Crippen LogP contribution in [0, 0.1) is 0 Å². The second-order valence-corrected chi connectivity index (χ2v) is 4.84. The van der Waals surface area contributed by atoms with Crippen LogP contribution in [0.15, 0.2) is 12.1 Å². The summed E-state index contributed by atoms with van der Waals surface area (Å²) in [5.41, 5.74) is -0.534. The fourth-order valence-electron chi connectivity index (χ4n) is 2.21. The minimum absolute atomic E-state index is 0.126. The molecular formula is C12H13ClF3NO. The standard InChI is InChI=1S/C12H13ClF3NO/c13-10-5-8(12(14,15)16)4-9(11(10)18)7-2-1-3-17-6-7/h4-5,7,17-18H,1-3,6H2. The number of benzene rings is 1. The van der Waals surface area contributed by atoms with Crippen LogP contribution in [0.3, 0.4) is 0 Å². The first-order valence-corrected chi connectivity index (χ1v) is 6.07. The van der Waals surface area contributed by atoms with Crippen LogP contribution in [0.1, 0.15) is 29.9 Å². The van der Waals surface area contributed by atoms with E-state index in [1.807, 2.05) is 0 Å². The highest BCUT2D eigenvalue weighted by molar-refractivity contribution is 6.32. The Labute approximate surface area is 108 Å². The number of aromatic hydroxyl groups is 1. The number of alkyl halides is 3. The van der Waals surface area contributed by atoms with Gasteiger partial charge in [-0.25, -0.2) is 0 Å². The smallest absolute Gasteiger partial charge is 0.416 e. The molecule has 1 fully saturated rings. The van der Waals surface area contributed by atoms with Gasteiger partial charge in [0, 0.05) is 18.0 Å². The zero-order valence-electron chi connectivity index (χ0n) is 9.52. The number of rotatable bonds is 1. The van der Waals surface area contributed by atoms with Gasteiger partial charge in [-0.1, -0.05) is 11.6 Å². The van der Waals surface area contributed by atoms with Crippen molar-refractivity contribution in [2.45, 2.75) is 24.9 Å². The van der Waals surface area contributed by atoms with Crippen LogP contribution in [-0.2, 0) is 6.18 Å². The highest BCUT2D eigenvalue weighted by atomic mass is 35.5. The van der Waals surface area contributed by atoms with E-state index in [0.29, 0.717) is 6.54 Å². The Morgan fingerprint density at radius 2 is 2.06 bits per heavy atom. The lowest BCUT2D eigenvalue weighted by atomic mass is 9.90. The third-order valence-corrected chi connectivity index (χ3v) is 3.45. The predicted octanol–water partition coefficient (Wildman–Crippen LogP) is 3.53. The summed E-state index contributed by atoms with van der Waals surface area (Å²) in [4.78, 5) is 0. The summed E-state index contributed by atoms with van der Waals surface area (Å²) in [6.07, 6.45) is -2.83. The number of phenolic OH excluding ortho intramolecular Hbond substituents is 1. The van der Waals surface area contributed by atoms with E-state index in [1.54, 1.807) is 0 Å². The molecule has 0 aliphatic carbocycles. The number of nitrogens with one attached hydrogen (secondary N) is 1. The van der Waals surface area contributed by atoms with Gasteiger partial charge in [0.15, 0.2) is 0 Å². The molecule has 2 N–H and O–H groups in total. The Kier molecular flexibility index (Phi) is 3.73. The molecule has 0 saturated carbocycles. The molecule has 2 nitrogen and oxygen atoms in total. The van der Waals surface area contributed by atoms with Gasteiger partial charge in [-0.05, 0) is 31.5 Å². The molecule has 1 heterocycles. The normalized spacial score (nSPS) is 21.0. The van der Waals surface area contributed by atoms with E-state index in [1.165, 1.54) is 0 Å². The fraction of sp³-hybridized carbons (Fsp3) is 0.500. The molecule has 1 aliphatic heterocycles. The van der Waals surface area contributed by atoms with E-state index in [2.05, 4.69) is 5.32 Å². The summed E-state index contributed by atoms with van der Waals surface area (Å²) >= 11 is 5.67. The van der Waals surface area contributed by atoms with Gasteiger partial charge >= 0.3 is 6.18 Å². The summed E-state index contributed by atoms with van der Waals surface area (Å²) in [6, 6.07) is 1.76. The summed E-state index contributed by atoms with van der Waals surface area (Å²) in [5, 5.41) is 12.7. The average molecular weight is 280 g/mol. The van der Waals surface area contributed by atoms with Crippen LogP contribution in [0.5, 0.6) is 5.75 Å². The third kappa shape index (κ3) is 2.72. The Balaban J connectivity index is 2.42. The Morgan fingerprint density at radius 3 is 2.61 bits per heavy atom. The first kappa shape index (κ1) is 13.5. The van der Waals surface area contributed by atoms with Gasteiger partial charge in [0.1, 0.15) is 5.75 Å². The largest absolute Gasteiger partial charge is 0.506 e.